The van der Waals surface area contributed by atoms with Crippen molar-refractivity contribution in [2.45, 2.75) is 43.5 Å². The maximum absolute atomic E-state index is 6.08. The Kier molecular flexibility index (Phi) is 3.57. The van der Waals surface area contributed by atoms with E-state index in [4.69, 9.17) is 9.15 Å². The second-order valence-electron chi connectivity index (χ2n) is 6.43. The topological polar surface area (TPSA) is 25.6 Å². The molecule has 0 unspecified atom stereocenters. The molecule has 20 heavy (non-hydrogen) atoms. The van der Waals surface area contributed by atoms with Crippen LogP contribution in [0.15, 0.2) is 16.5 Å². The predicted molar refractivity (Wildman–Crippen MR) is 81.1 cm³/mol. The van der Waals surface area contributed by atoms with Crippen LogP contribution in [-0.4, -0.2) is 41.7 Å². The highest BCUT2D eigenvalue weighted by Gasteiger charge is 2.37. The summed E-state index contributed by atoms with van der Waals surface area (Å²) in [5.41, 5.74) is 0. The van der Waals surface area contributed by atoms with E-state index < -0.39 is 0 Å². The van der Waals surface area contributed by atoms with Crippen LogP contribution in [0.1, 0.15) is 37.2 Å². The minimum absolute atomic E-state index is 0.662. The van der Waals surface area contributed by atoms with Crippen molar-refractivity contribution in [3.63, 3.8) is 0 Å². The summed E-state index contributed by atoms with van der Waals surface area (Å²) in [4.78, 5) is 2.61. The Labute approximate surface area is 125 Å². The molecule has 4 heteroatoms. The summed E-state index contributed by atoms with van der Waals surface area (Å²) in [6.45, 7) is 6.31. The lowest BCUT2D eigenvalue weighted by atomic mass is 10.1. The highest BCUT2D eigenvalue weighted by atomic mass is 32.2. The average Bonchev–Trinajstić information content (AvgIpc) is 3.02. The summed E-state index contributed by atoms with van der Waals surface area (Å²) in [6.07, 6.45) is 2.47. The summed E-state index contributed by atoms with van der Waals surface area (Å²) in [7, 11) is 0. The number of thioether (sulfide) groups is 1. The molecule has 0 N–H and O–H groups in total. The second-order valence-corrected chi connectivity index (χ2v) is 7.78. The van der Waals surface area contributed by atoms with Crippen LogP contribution in [0.25, 0.3) is 0 Å². The van der Waals surface area contributed by atoms with Gasteiger partial charge in [0, 0.05) is 36.1 Å². The first-order valence-corrected chi connectivity index (χ1v) is 8.88. The van der Waals surface area contributed by atoms with Crippen LogP contribution < -0.4 is 0 Å². The molecule has 110 valence electrons. The maximum Gasteiger partial charge on any atom is 0.118 e. The van der Waals surface area contributed by atoms with Gasteiger partial charge in [-0.3, -0.25) is 4.90 Å². The maximum atomic E-state index is 6.08. The van der Waals surface area contributed by atoms with Gasteiger partial charge in [-0.25, -0.2) is 0 Å². The summed E-state index contributed by atoms with van der Waals surface area (Å²) >= 11 is 2.08. The third-order valence-electron chi connectivity index (χ3n) is 4.96. The van der Waals surface area contributed by atoms with Gasteiger partial charge in [0.25, 0.3) is 0 Å². The molecule has 0 amide bonds. The van der Waals surface area contributed by atoms with Gasteiger partial charge in [-0.15, -0.1) is 0 Å². The van der Waals surface area contributed by atoms with Crippen molar-refractivity contribution >= 4 is 11.8 Å². The first kappa shape index (κ1) is 13.2. The third kappa shape index (κ3) is 2.53. The van der Waals surface area contributed by atoms with E-state index in [-0.39, 0.29) is 0 Å². The van der Waals surface area contributed by atoms with E-state index in [1.54, 1.807) is 0 Å². The van der Waals surface area contributed by atoms with Crippen molar-refractivity contribution < 1.29 is 9.15 Å². The van der Waals surface area contributed by atoms with E-state index in [1.807, 2.05) is 0 Å². The van der Waals surface area contributed by atoms with Crippen molar-refractivity contribution in [1.82, 2.24) is 4.90 Å². The molecular formula is C16H23NO2S. The van der Waals surface area contributed by atoms with Crippen LogP contribution in [0.4, 0.5) is 0 Å². The molecule has 3 nitrogen and oxygen atoms in total. The Bertz CT molecular complexity index is 473. The van der Waals surface area contributed by atoms with Crippen LogP contribution in [-0.2, 0) is 11.3 Å². The Morgan fingerprint density at radius 3 is 3.15 bits per heavy atom. The number of fused-ring (bicyclic) bond motifs is 1. The molecule has 3 aliphatic rings. The molecular weight excluding hydrogens is 270 g/mol. The molecule has 0 aromatic carbocycles. The standard InChI is InChI=1S/C16H23NO2S/c1-11-8-13(11)15-3-2-12(19-15)9-17-5-7-20-16-10-18-6-4-14(16)17/h2-3,11,13-14,16H,4-10H2,1H3/t11-,13+,14-,16+/m1/s1. The van der Waals surface area contributed by atoms with Gasteiger partial charge in [0.2, 0.25) is 0 Å². The molecule has 4 rings (SSSR count). The monoisotopic (exact) mass is 293 g/mol. The first-order chi connectivity index (χ1) is 9.81. The molecule has 1 aromatic heterocycles. The second kappa shape index (κ2) is 5.39. The van der Waals surface area contributed by atoms with E-state index in [1.165, 1.54) is 30.9 Å². The minimum Gasteiger partial charge on any atom is -0.464 e. The molecule has 3 heterocycles. The van der Waals surface area contributed by atoms with Crippen LogP contribution in [0.3, 0.4) is 0 Å². The minimum atomic E-state index is 0.662. The number of rotatable bonds is 3. The zero-order chi connectivity index (χ0) is 13.5. The molecule has 2 aliphatic heterocycles. The number of hydrogen-bond acceptors (Lipinski definition) is 4. The Hall–Kier alpha value is -0.450. The quantitative estimate of drug-likeness (QED) is 0.855. The summed E-state index contributed by atoms with van der Waals surface area (Å²) in [5.74, 6) is 5.09. The smallest absolute Gasteiger partial charge is 0.118 e. The summed E-state index contributed by atoms with van der Waals surface area (Å²) in [6, 6.07) is 5.07. The zero-order valence-corrected chi connectivity index (χ0v) is 12.9. The highest BCUT2D eigenvalue weighted by Crippen LogP contribution is 2.47. The lowest BCUT2D eigenvalue weighted by Gasteiger charge is -2.43. The average molecular weight is 293 g/mol. The van der Waals surface area contributed by atoms with E-state index in [0.29, 0.717) is 17.2 Å². The van der Waals surface area contributed by atoms with Gasteiger partial charge in [-0.05, 0) is 30.9 Å². The highest BCUT2D eigenvalue weighted by molar-refractivity contribution is 8.00. The number of hydrogen-bond donors (Lipinski definition) is 0. The van der Waals surface area contributed by atoms with Gasteiger partial charge in [0.05, 0.1) is 13.2 Å². The Morgan fingerprint density at radius 1 is 1.40 bits per heavy atom. The molecule has 0 spiro atoms. The van der Waals surface area contributed by atoms with Crippen LogP contribution in [0.2, 0.25) is 0 Å². The molecule has 0 radical (unpaired) electrons. The molecule has 3 fully saturated rings. The number of ether oxygens (including phenoxy) is 1. The SMILES string of the molecule is C[C@@H]1C[C@@H]1c1ccc(CN2CCS[C@H]3COCC[C@H]32)o1. The molecule has 0 bridgehead atoms. The van der Waals surface area contributed by atoms with Crippen LogP contribution in [0, 0.1) is 5.92 Å². The van der Waals surface area contributed by atoms with Crippen LogP contribution >= 0.6 is 11.8 Å². The fourth-order valence-electron chi connectivity index (χ4n) is 3.56. The van der Waals surface area contributed by atoms with Crippen molar-refractivity contribution in [2.75, 3.05) is 25.5 Å². The van der Waals surface area contributed by atoms with Gasteiger partial charge in [0.15, 0.2) is 0 Å². The number of nitrogens with zero attached hydrogens (tertiary/aromatic N) is 1. The lowest BCUT2D eigenvalue weighted by molar-refractivity contribution is 0.0327. The van der Waals surface area contributed by atoms with E-state index in [9.17, 15) is 0 Å². The molecule has 1 aromatic rings. The summed E-state index contributed by atoms with van der Waals surface area (Å²) in [5, 5.41) is 0.662. The lowest BCUT2D eigenvalue weighted by Crippen LogP contribution is -2.51. The van der Waals surface area contributed by atoms with Gasteiger partial charge < -0.3 is 9.15 Å². The Balaban J connectivity index is 1.43. The third-order valence-corrected chi connectivity index (χ3v) is 6.26. The van der Waals surface area contributed by atoms with E-state index >= 15 is 0 Å². The van der Waals surface area contributed by atoms with Crippen LogP contribution in [0.5, 0.6) is 0 Å². The van der Waals surface area contributed by atoms with E-state index in [2.05, 4.69) is 35.7 Å². The Morgan fingerprint density at radius 2 is 2.30 bits per heavy atom. The number of furan rings is 1. The normalized spacial score (nSPS) is 37.6. The van der Waals surface area contributed by atoms with Gasteiger partial charge in [-0.1, -0.05) is 6.92 Å². The molecule has 2 saturated heterocycles. The van der Waals surface area contributed by atoms with Gasteiger partial charge >= 0.3 is 0 Å². The summed E-state index contributed by atoms with van der Waals surface area (Å²) < 4.78 is 11.7. The largest absolute Gasteiger partial charge is 0.464 e. The molecule has 1 aliphatic carbocycles. The van der Waals surface area contributed by atoms with Gasteiger partial charge in [-0.2, -0.15) is 11.8 Å². The first-order valence-electron chi connectivity index (χ1n) is 7.83. The molecule has 4 atom stereocenters. The fourth-order valence-corrected chi connectivity index (χ4v) is 4.92. The van der Waals surface area contributed by atoms with Crippen molar-refractivity contribution in [2.24, 2.45) is 5.92 Å². The van der Waals surface area contributed by atoms with E-state index in [0.717, 1.165) is 31.4 Å². The molecule has 1 saturated carbocycles. The van der Waals surface area contributed by atoms with Crippen molar-refractivity contribution in [3.05, 3.63) is 23.7 Å². The zero-order valence-electron chi connectivity index (χ0n) is 12.1. The fraction of sp³-hybridized carbons (Fsp3) is 0.750. The van der Waals surface area contributed by atoms with Crippen molar-refractivity contribution in [1.29, 1.82) is 0 Å². The van der Waals surface area contributed by atoms with Crippen molar-refractivity contribution in [3.8, 4) is 0 Å². The van der Waals surface area contributed by atoms with Gasteiger partial charge in [0.1, 0.15) is 11.5 Å². The predicted octanol–water partition coefficient (Wildman–Crippen LogP) is 3.11.